The van der Waals surface area contributed by atoms with Crippen LogP contribution in [0.1, 0.15) is 61.2 Å². The van der Waals surface area contributed by atoms with Gasteiger partial charge in [-0.15, -0.1) is 0 Å². The number of benzene rings is 2. The van der Waals surface area contributed by atoms with Crippen molar-refractivity contribution in [3.63, 3.8) is 0 Å². The van der Waals surface area contributed by atoms with Crippen LogP contribution in [0, 0.1) is 13.8 Å². The number of rotatable bonds is 7. The molecule has 0 amide bonds. The van der Waals surface area contributed by atoms with E-state index in [9.17, 15) is 10.2 Å². The van der Waals surface area contributed by atoms with Crippen molar-refractivity contribution >= 4 is 35.2 Å². The number of aryl methyl sites for hydroxylation is 2. The van der Waals surface area contributed by atoms with E-state index in [0.29, 0.717) is 0 Å². The summed E-state index contributed by atoms with van der Waals surface area (Å²) in [5, 5.41) is 20.7. The molecule has 2 atom stereocenters. The Bertz CT molecular complexity index is 626. The minimum absolute atomic E-state index is 0.290. The molecule has 0 unspecified atom stereocenters. The first-order valence-corrected chi connectivity index (χ1v) is 14.4. The molecule has 24 heavy (non-hydrogen) atoms. The maximum atomic E-state index is 10.3. The fourth-order valence-corrected chi connectivity index (χ4v) is 11.9. The van der Waals surface area contributed by atoms with Gasteiger partial charge < -0.3 is 0 Å². The van der Waals surface area contributed by atoms with E-state index in [0.717, 1.165) is 24.0 Å². The first-order chi connectivity index (χ1) is 11.5. The van der Waals surface area contributed by atoms with Gasteiger partial charge in [0.2, 0.25) is 0 Å². The normalized spacial score (nSPS) is 13.8. The summed E-state index contributed by atoms with van der Waals surface area (Å²) in [7, 11) is 0. The van der Waals surface area contributed by atoms with E-state index in [1.165, 1.54) is 20.1 Å². The Balaban J connectivity index is 2.33. The second-order valence-electron chi connectivity index (χ2n) is 6.00. The molecule has 0 spiro atoms. The van der Waals surface area contributed by atoms with Gasteiger partial charge in [0.1, 0.15) is 0 Å². The SMILES string of the molecule is CC[C@H](O)c1cccc(C)c1[Se][Se]c1c(C)cccc1[C@@H](O)CC. The quantitative estimate of drug-likeness (QED) is 0.629. The molecule has 0 fully saturated rings. The molecule has 2 aromatic rings. The van der Waals surface area contributed by atoms with Crippen LogP contribution < -0.4 is 8.92 Å². The zero-order chi connectivity index (χ0) is 17.7. The van der Waals surface area contributed by atoms with E-state index in [1.54, 1.807) is 0 Å². The second kappa shape index (κ2) is 9.19. The Morgan fingerprint density at radius 1 is 0.750 bits per heavy atom. The van der Waals surface area contributed by atoms with Crippen LogP contribution in [0.3, 0.4) is 0 Å². The Kier molecular flexibility index (Phi) is 7.56. The summed E-state index contributed by atoms with van der Waals surface area (Å²) in [6, 6.07) is 12.5. The minimum atomic E-state index is -0.379. The molecule has 2 nitrogen and oxygen atoms in total. The zero-order valence-corrected chi connectivity index (χ0v) is 18.2. The Morgan fingerprint density at radius 3 is 1.46 bits per heavy atom. The molecule has 2 rings (SSSR count). The van der Waals surface area contributed by atoms with Gasteiger partial charge in [0.25, 0.3) is 0 Å². The summed E-state index contributed by atoms with van der Waals surface area (Å²) in [5.74, 6) is 0. The van der Waals surface area contributed by atoms with Crippen molar-refractivity contribution in [2.24, 2.45) is 0 Å². The van der Waals surface area contributed by atoms with Gasteiger partial charge in [0, 0.05) is 0 Å². The molecular weight excluding hydrogens is 430 g/mol. The molecule has 0 bridgehead atoms. The molecule has 0 aromatic heterocycles. The van der Waals surface area contributed by atoms with Crippen molar-refractivity contribution in [3.8, 4) is 0 Å². The van der Waals surface area contributed by atoms with Crippen molar-refractivity contribution in [1.82, 2.24) is 0 Å². The van der Waals surface area contributed by atoms with Gasteiger partial charge in [0.05, 0.1) is 0 Å². The monoisotopic (exact) mass is 458 g/mol. The first kappa shape index (κ1) is 19.7. The van der Waals surface area contributed by atoms with E-state index in [-0.39, 0.29) is 38.5 Å². The average molecular weight is 456 g/mol. The van der Waals surface area contributed by atoms with Crippen molar-refractivity contribution in [2.75, 3.05) is 0 Å². The van der Waals surface area contributed by atoms with Gasteiger partial charge in [-0.25, -0.2) is 0 Å². The molecule has 0 radical (unpaired) electrons. The van der Waals surface area contributed by atoms with Crippen LogP contribution >= 0.6 is 0 Å². The molecule has 130 valence electrons. The van der Waals surface area contributed by atoms with Crippen LogP contribution in [0.25, 0.3) is 0 Å². The third kappa shape index (κ3) is 4.52. The number of aliphatic hydroxyl groups excluding tert-OH is 2. The maximum absolute atomic E-state index is 10.3. The van der Waals surface area contributed by atoms with Gasteiger partial charge in [0.15, 0.2) is 0 Å². The molecular formula is C20H26O2Se2. The second-order valence-corrected chi connectivity index (χ2v) is 12.0. The standard InChI is InChI=1S/C20H26O2Se2/c1-5-17(21)15-11-7-9-13(3)19(15)23-24-20-14(4)10-8-12-16(20)18(22)6-2/h7-12,17-18,21-22H,5-6H2,1-4H3/t17-,18-/m0/s1. The molecule has 0 saturated carbocycles. The molecule has 0 aliphatic heterocycles. The molecule has 0 aliphatic rings. The third-order valence-corrected chi connectivity index (χ3v) is 11.9. The topological polar surface area (TPSA) is 40.5 Å². The third-order valence-electron chi connectivity index (χ3n) is 4.18. The van der Waals surface area contributed by atoms with Crippen molar-refractivity contribution in [1.29, 1.82) is 0 Å². The van der Waals surface area contributed by atoms with Gasteiger partial charge in [-0.05, 0) is 0 Å². The van der Waals surface area contributed by atoms with Crippen LogP contribution in [0.4, 0.5) is 0 Å². The van der Waals surface area contributed by atoms with E-state index in [1.807, 2.05) is 26.0 Å². The predicted octanol–water partition coefficient (Wildman–Crippen LogP) is 2.46. The molecule has 4 heteroatoms. The zero-order valence-electron chi connectivity index (χ0n) is 14.7. The van der Waals surface area contributed by atoms with Crippen LogP contribution in [0.5, 0.6) is 0 Å². The molecule has 0 heterocycles. The van der Waals surface area contributed by atoms with Crippen LogP contribution in [-0.4, -0.2) is 36.5 Å². The Labute approximate surface area is 156 Å². The fourth-order valence-electron chi connectivity index (χ4n) is 2.63. The van der Waals surface area contributed by atoms with E-state index < -0.39 is 0 Å². The number of hydrogen-bond donors (Lipinski definition) is 2. The van der Waals surface area contributed by atoms with E-state index in [4.69, 9.17) is 0 Å². The Hall–Kier alpha value is -0.601. The van der Waals surface area contributed by atoms with Gasteiger partial charge >= 0.3 is 157 Å². The molecule has 0 saturated heterocycles. The van der Waals surface area contributed by atoms with Crippen molar-refractivity contribution < 1.29 is 10.2 Å². The summed E-state index contributed by atoms with van der Waals surface area (Å²) < 4.78 is 2.67. The molecule has 2 N–H and O–H groups in total. The summed E-state index contributed by atoms with van der Waals surface area (Å²) in [4.78, 5) is 0. The fraction of sp³-hybridized carbons (Fsp3) is 0.400. The van der Waals surface area contributed by atoms with Crippen LogP contribution in [0.2, 0.25) is 0 Å². The average Bonchev–Trinajstić information content (AvgIpc) is 2.59. The predicted molar refractivity (Wildman–Crippen MR) is 104 cm³/mol. The summed E-state index contributed by atoms with van der Waals surface area (Å²) >= 11 is 0.580. The Morgan fingerprint density at radius 2 is 1.12 bits per heavy atom. The van der Waals surface area contributed by atoms with E-state index in [2.05, 4.69) is 38.1 Å². The van der Waals surface area contributed by atoms with Gasteiger partial charge in [-0.1, -0.05) is 0 Å². The van der Waals surface area contributed by atoms with Crippen molar-refractivity contribution in [2.45, 2.75) is 52.7 Å². The van der Waals surface area contributed by atoms with Gasteiger partial charge in [-0.2, -0.15) is 0 Å². The summed E-state index contributed by atoms with van der Waals surface area (Å²) in [6.07, 6.45) is 0.721. The van der Waals surface area contributed by atoms with Crippen LogP contribution in [-0.2, 0) is 0 Å². The van der Waals surface area contributed by atoms with E-state index >= 15 is 0 Å². The first-order valence-electron chi connectivity index (χ1n) is 8.39. The number of aliphatic hydroxyl groups is 2. The van der Waals surface area contributed by atoms with Crippen molar-refractivity contribution in [3.05, 3.63) is 58.7 Å². The summed E-state index contributed by atoms with van der Waals surface area (Å²) in [6.45, 7) is 8.31. The summed E-state index contributed by atoms with van der Waals surface area (Å²) in [5.41, 5.74) is 4.72. The van der Waals surface area contributed by atoms with Gasteiger partial charge in [-0.3, -0.25) is 0 Å². The molecule has 0 aliphatic carbocycles. The number of hydrogen-bond acceptors (Lipinski definition) is 2. The van der Waals surface area contributed by atoms with Crippen LogP contribution in [0.15, 0.2) is 36.4 Å². The molecule has 2 aromatic carbocycles.